The smallest absolute Gasteiger partial charge is 0.238 e. The highest BCUT2D eigenvalue weighted by atomic mass is 32.2. The van der Waals surface area contributed by atoms with Crippen LogP contribution in [0.2, 0.25) is 0 Å². The molecule has 0 aromatic heterocycles. The standard InChI is InChI=1S/C17H26N2OS/c1-14-8-4-5-9-15(14)19-16(20)12-18-13-17(21-2)10-6-3-7-11-17/h4-5,8-9,18H,3,6-7,10-13H2,1-2H3,(H,19,20). The normalized spacial score (nSPS) is 17.4. The average molecular weight is 306 g/mol. The Hall–Kier alpha value is -1.00. The fraction of sp³-hybridized carbons (Fsp3) is 0.588. The minimum absolute atomic E-state index is 0.0383. The molecule has 0 atom stereocenters. The van der Waals surface area contributed by atoms with Gasteiger partial charge in [0.15, 0.2) is 0 Å². The largest absolute Gasteiger partial charge is 0.325 e. The van der Waals surface area contributed by atoms with Gasteiger partial charge in [-0.3, -0.25) is 4.79 Å². The van der Waals surface area contributed by atoms with E-state index in [9.17, 15) is 4.79 Å². The van der Waals surface area contributed by atoms with E-state index in [1.54, 1.807) is 0 Å². The Morgan fingerprint density at radius 2 is 1.95 bits per heavy atom. The van der Waals surface area contributed by atoms with E-state index in [4.69, 9.17) is 0 Å². The van der Waals surface area contributed by atoms with E-state index in [0.29, 0.717) is 11.3 Å². The van der Waals surface area contributed by atoms with Crippen LogP contribution in [0.4, 0.5) is 5.69 Å². The van der Waals surface area contributed by atoms with Crippen LogP contribution in [0.15, 0.2) is 24.3 Å². The molecule has 2 rings (SSSR count). The Labute approximate surface area is 132 Å². The van der Waals surface area contributed by atoms with E-state index in [2.05, 4.69) is 16.9 Å². The molecule has 1 aromatic rings. The van der Waals surface area contributed by atoms with Crippen LogP contribution in [0.5, 0.6) is 0 Å². The lowest BCUT2D eigenvalue weighted by Gasteiger charge is -2.36. The van der Waals surface area contributed by atoms with Crippen molar-refractivity contribution in [2.24, 2.45) is 0 Å². The predicted molar refractivity (Wildman–Crippen MR) is 92.0 cm³/mol. The van der Waals surface area contributed by atoms with Crippen LogP contribution in [0.1, 0.15) is 37.7 Å². The zero-order valence-corrected chi connectivity index (χ0v) is 13.9. The monoisotopic (exact) mass is 306 g/mol. The van der Waals surface area contributed by atoms with Crippen molar-refractivity contribution in [3.8, 4) is 0 Å². The molecule has 21 heavy (non-hydrogen) atoms. The molecular formula is C17H26N2OS. The molecule has 3 nitrogen and oxygen atoms in total. The van der Waals surface area contributed by atoms with E-state index >= 15 is 0 Å². The lowest BCUT2D eigenvalue weighted by molar-refractivity contribution is -0.115. The van der Waals surface area contributed by atoms with Crippen molar-refractivity contribution >= 4 is 23.4 Å². The van der Waals surface area contributed by atoms with Crippen molar-refractivity contribution in [1.82, 2.24) is 5.32 Å². The van der Waals surface area contributed by atoms with Crippen molar-refractivity contribution in [2.75, 3.05) is 24.7 Å². The Bertz CT molecular complexity index is 470. The maximum atomic E-state index is 12.0. The third kappa shape index (κ3) is 4.75. The molecule has 116 valence electrons. The molecule has 1 fully saturated rings. The van der Waals surface area contributed by atoms with Crippen molar-refractivity contribution in [3.63, 3.8) is 0 Å². The van der Waals surface area contributed by atoms with E-state index in [0.717, 1.165) is 17.8 Å². The minimum Gasteiger partial charge on any atom is -0.325 e. The summed E-state index contributed by atoms with van der Waals surface area (Å²) in [5, 5.41) is 6.32. The summed E-state index contributed by atoms with van der Waals surface area (Å²) in [4.78, 5) is 12.0. The zero-order chi connectivity index (χ0) is 15.1. The highest BCUT2D eigenvalue weighted by Gasteiger charge is 2.30. The summed E-state index contributed by atoms with van der Waals surface area (Å²) < 4.78 is 0.335. The van der Waals surface area contributed by atoms with Gasteiger partial charge in [-0.2, -0.15) is 11.8 Å². The van der Waals surface area contributed by atoms with Gasteiger partial charge in [-0.05, 0) is 37.7 Å². The molecule has 0 heterocycles. The first-order chi connectivity index (χ1) is 10.2. The first kappa shape index (κ1) is 16.4. The van der Waals surface area contributed by atoms with Gasteiger partial charge in [0.2, 0.25) is 5.91 Å². The highest BCUT2D eigenvalue weighted by molar-refractivity contribution is 8.00. The first-order valence-corrected chi connectivity index (χ1v) is 8.99. The van der Waals surface area contributed by atoms with Crippen LogP contribution >= 0.6 is 11.8 Å². The van der Waals surface area contributed by atoms with Crippen molar-refractivity contribution in [1.29, 1.82) is 0 Å². The molecule has 2 N–H and O–H groups in total. The third-order valence-corrected chi connectivity index (χ3v) is 5.77. The molecule has 0 unspecified atom stereocenters. The molecule has 4 heteroatoms. The second kappa shape index (κ2) is 7.85. The molecule has 1 amide bonds. The predicted octanol–water partition coefficient (Wildman–Crippen LogP) is 3.59. The van der Waals surface area contributed by atoms with Gasteiger partial charge in [-0.1, -0.05) is 37.5 Å². The zero-order valence-electron chi connectivity index (χ0n) is 13.1. The third-order valence-electron chi connectivity index (χ3n) is 4.35. The Balaban J connectivity index is 1.77. The van der Waals surface area contributed by atoms with Gasteiger partial charge < -0.3 is 10.6 Å². The quantitative estimate of drug-likeness (QED) is 0.844. The van der Waals surface area contributed by atoms with Gasteiger partial charge in [0.25, 0.3) is 0 Å². The molecule has 1 saturated carbocycles. The van der Waals surface area contributed by atoms with Crippen LogP contribution in [0.25, 0.3) is 0 Å². The summed E-state index contributed by atoms with van der Waals surface area (Å²) in [7, 11) is 0. The van der Waals surface area contributed by atoms with Gasteiger partial charge in [0, 0.05) is 17.0 Å². The fourth-order valence-corrected chi connectivity index (χ4v) is 3.90. The Morgan fingerprint density at radius 3 is 2.62 bits per heavy atom. The molecule has 0 radical (unpaired) electrons. The van der Waals surface area contributed by atoms with E-state index in [1.165, 1.54) is 32.1 Å². The number of amides is 1. The van der Waals surface area contributed by atoms with E-state index in [1.807, 2.05) is 43.0 Å². The van der Waals surface area contributed by atoms with Crippen molar-refractivity contribution in [3.05, 3.63) is 29.8 Å². The summed E-state index contributed by atoms with van der Waals surface area (Å²) in [5.41, 5.74) is 2.00. The minimum atomic E-state index is 0.0383. The maximum Gasteiger partial charge on any atom is 0.238 e. The number of hydrogen-bond acceptors (Lipinski definition) is 3. The van der Waals surface area contributed by atoms with Crippen LogP contribution in [0, 0.1) is 6.92 Å². The number of thioether (sulfide) groups is 1. The van der Waals surface area contributed by atoms with Crippen LogP contribution in [-0.2, 0) is 4.79 Å². The number of para-hydroxylation sites is 1. The number of anilines is 1. The van der Waals surface area contributed by atoms with Gasteiger partial charge in [-0.25, -0.2) is 0 Å². The molecule has 1 aliphatic rings. The lowest BCUT2D eigenvalue weighted by Crippen LogP contribution is -2.42. The molecule has 0 saturated heterocycles. The summed E-state index contributed by atoms with van der Waals surface area (Å²) in [5.74, 6) is 0.0383. The van der Waals surface area contributed by atoms with Crippen LogP contribution in [-0.4, -0.2) is 30.0 Å². The molecule has 0 aliphatic heterocycles. The van der Waals surface area contributed by atoms with Crippen molar-refractivity contribution < 1.29 is 4.79 Å². The summed E-state index contributed by atoms with van der Waals surface area (Å²) in [6, 6.07) is 7.88. The molecule has 0 spiro atoms. The molecular weight excluding hydrogens is 280 g/mol. The van der Waals surface area contributed by atoms with Gasteiger partial charge in [-0.15, -0.1) is 0 Å². The number of aryl methyl sites for hydroxylation is 1. The molecule has 1 aliphatic carbocycles. The second-order valence-corrected chi connectivity index (χ2v) is 7.19. The first-order valence-electron chi connectivity index (χ1n) is 7.77. The number of carbonyl (C=O) groups is 1. The van der Waals surface area contributed by atoms with Gasteiger partial charge in [0.1, 0.15) is 0 Å². The number of hydrogen-bond donors (Lipinski definition) is 2. The fourth-order valence-electron chi connectivity index (χ4n) is 2.96. The highest BCUT2D eigenvalue weighted by Crippen LogP contribution is 2.37. The van der Waals surface area contributed by atoms with E-state index in [-0.39, 0.29) is 5.91 Å². The SMILES string of the molecule is CSC1(CNCC(=O)Nc2ccccc2C)CCCCC1. The average Bonchev–Trinajstić information content (AvgIpc) is 2.50. The summed E-state index contributed by atoms with van der Waals surface area (Å²) >= 11 is 1.96. The number of nitrogens with one attached hydrogen (secondary N) is 2. The van der Waals surface area contributed by atoms with Crippen LogP contribution in [0.3, 0.4) is 0 Å². The van der Waals surface area contributed by atoms with Crippen molar-refractivity contribution in [2.45, 2.75) is 43.8 Å². The summed E-state index contributed by atoms with van der Waals surface area (Å²) in [6.07, 6.45) is 8.72. The van der Waals surface area contributed by atoms with E-state index < -0.39 is 0 Å². The Morgan fingerprint density at radius 1 is 1.24 bits per heavy atom. The topological polar surface area (TPSA) is 41.1 Å². The van der Waals surface area contributed by atoms with Crippen LogP contribution < -0.4 is 10.6 Å². The Kier molecular flexibility index (Phi) is 6.12. The van der Waals surface area contributed by atoms with Gasteiger partial charge in [0.05, 0.1) is 6.54 Å². The van der Waals surface area contributed by atoms with Gasteiger partial charge >= 0.3 is 0 Å². The summed E-state index contributed by atoms with van der Waals surface area (Å²) in [6.45, 7) is 3.32. The molecule has 0 bridgehead atoms. The number of benzene rings is 1. The number of carbonyl (C=O) groups excluding carboxylic acids is 1. The number of rotatable bonds is 6. The maximum absolute atomic E-state index is 12.0. The second-order valence-electron chi connectivity index (χ2n) is 5.91. The molecule has 1 aromatic carbocycles. The lowest BCUT2D eigenvalue weighted by atomic mass is 9.88.